The second kappa shape index (κ2) is 4.96. The maximum Gasteiger partial charge on any atom is 0.248 e. The summed E-state index contributed by atoms with van der Waals surface area (Å²) < 4.78 is 31.9. The Kier molecular flexibility index (Phi) is 3.67. The number of methoxy groups -OCH3 is 1. The second-order valence-corrected chi connectivity index (χ2v) is 5.22. The van der Waals surface area contributed by atoms with Crippen LogP contribution in [-0.4, -0.2) is 24.7 Å². The standard InChI is InChI=1S/C14H19F2NO2/c1-19-12-8-10(18)2-3-11(12)13(9-17)4-6-14(15,16)7-5-13/h2-3,8,18H,4-7,9,17H2,1H3. The monoisotopic (exact) mass is 271 g/mol. The van der Waals surface area contributed by atoms with Gasteiger partial charge in [0.2, 0.25) is 5.92 Å². The molecule has 3 nitrogen and oxygen atoms in total. The molecule has 1 aromatic rings. The molecule has 0 amide bonds. The highest BCUT2D eigenvalue weighted by atomic mass is 19.3. The Morgan fingerprint density at radius 3 is 2.42 bits per heavy atom. The summed E-state index contributed by atoms with van der Waals surface area (Å²) >= 11 is 0. The van der Waals surface area contributed by atoms with Crippen molar-refractivity contribution in [2.75, 3.05) is 13.7 Å². The predicted octanol–water partition coefficient (Wildman–Crippen LogP) is 2.81. The maximum absolute atomic E-state index is 13.3. The number of hydrogen-bond donors (Lipinski definition) is 2. The minimum Gasteiger partial charge on any atom is -0.508 e. The highest BCUT2D eigenvalue weighted by molar-refractivity contribution is 5.45. The van der Waals surface area contributed by atoms with Crippen LogP contribution in [0.2, 0.25) is 0 Å². The molecule has 0 saturated heterocycles. The van der Waals surface area contributed by atoms with Crippen molar-refractivity contribution >= 4 is 0 Å². The van der Waals surface area contributed by atoms with E-state index >= 15 is 0 Å². The first kappa shape index (κ1) is 14.1. The molecule has 0 aromatic heterocycles. The van der Waals surface area contributed by atoms with E-state index in [1.54, 1.807) is 12.1 Å². The molecule has 1 aliphatic carbocycles. The van der Waals surface area contributed by atoms with E-state index in [-0.39, 0.29) is 18.6 Å². The number of benzene rings is 1. The van der Waals surface area contributed by atoms with E-state index in [1.807, 2.05) is 0 Å². The molecule has 0 spiro atoms. The van der Waals surface area contributed by atoms with Gasteiger partial charge in [-0.05, 0) is 18.9 Å². The minimum atomic E-state index is -2.59. The van der Waals surface area contributed by atoms with Gasteiger partial charge in [-0.15, -0.1) is 0 Å². The average Bonchev–Trinajstić information content (AvgIpc) is 2.40. The van der Waals surface area contributed by atoms with Gasteiger partial charge in [0.25, 0.3) is 0 Å². The predicted molar refractivity (Wildman–Crippen MR) is 68.8 cm³/mol. The number of alkyl halides is 2. The molecule has 0 radical (unpaired) electrons. The van der Waals surface area contributed by atoms with Crippen LogP contribution in [-0.2, 0) is 5.41 Å². The summed E-state index contributed by atoms with van der Waals surface area (Å²) in [6, 6.07) is 4.77. The van der Waals surface area contributed by atoms with Gasteiger partial charge in [-0.3, -0.25) is 0 Å². The van der Waals surface area contributed by atoms with Crippen LogP contribution in [0.4, 0.5) is 8.78 Å². The van der Waals surface area contributed by atoms with Gasteiger partial charge in [-0.25, -0.2) is 8.78 Å². The van der Waals surface area contributed by atoms with Crippen molar-refractivity contribution in [2.45, 2.75) is 37.0 Å². The molecule has 0 atom stereocenters. The lowest BCUT2D eigenvalue weighted by Gasteiger charge is -2.40. The minimum absolute atomic E-state index is 0.0916. The van der Waals surface area contributed by atoms with E-state index in [0.29, 0.717) is 25.1 Å². The molecule has 0 bridgehead atoms. The summed E-state index contributed by atoms with van der Waals surface area (Å²) in [5, 5.41) is 9.48. The van der Waals surface area contributed by atoms with Gasteiger partial charge in [0.05, 0.1) is 7.11 Å². The molecule has 0 unspecified atom stereocenters. The van der Waals surface area contributed by atoms with Crippen molar-refractivity contribution in [2.24, 2.45) is 5.73 Å². The van der Waals surface area contributed by atoms with E-state index in [9.17, 15) is 13.9 Å². The Bertz CT molecular complexity index is 453. The average molecular weight is 271 g/mol. The molecule has 19 heavy (non-hydrogen) atoms. The van der Waals surface area contributed by atoms with E-state index in [2.05, 4.69) is 0 Å². The Morgan fingerprint density at radius 1 is 1.26 bits per heavy atom. The van der Waals surface area contributed by atoms with Crippen LogP contribution in [0.1, 0.15) is 31.2 Å². The van der Waals surface area contributed by atoms with Crippen LogP contribution < -0.4 is 10.5 Å². The molecule has 3 N–H and O–H groups in total. The zero-order valence-corrected chi connectivity index (χ0v) is 11.0. The van der Waals surface area contributed by atoms with Crippen LogP contribution in [0.25, 0.3) is 0 Å². The third kappa shape index (κ3) is 2.66. The van der Waals surface area contributed by atoms with E-state index in [0.717, 1.165) is 5.56 Å². The summed E-state index contributed by atoms with van der Waals surface area (Å²) in [5.74, 6) is -1.99. The number of ether oxygens (including phenoxy) is 1. The largest absolute Gasteiger partial charge is 0.508 e. The van der Waals surface area contributed by atoms with Gasteiger partial charge in [-0.1, -0.05) is 6.07 Å². The van der Waals surface area contributed by atoms with Crippen LogP contribution in [0.15, 0.2) is 18.2 Å². The Hall–Kier alpha value is -1.36. The summed E-state index contributed by atoms with van der Waals surface area (Å²) in [7, 11) is 1.50. The van der Waals surface area contributed by atoms with Crippen LogP contribution in [0.3, 0.4) is 0 Å². The number of aromatic hydroxyl groups is 1. The molecular formula is C14H19F2NO2. The smallest absolute Gasteiger partial charge is 0.248 e. The SMILES string of the molecule is COc1cc(O)ccc1C1(CN)CCC(F)(F)CC1. The fourth-order valence-corrected chi connectivity index (χ4v) is 2.80. The van der Waals surface area contributed by atoms with E-state index < -0.39 is 11.3 Å². The van der Waals surface area contributed by atoms with Gasteiger partial charge in [0.15, 0.2) is 0 Å². The number of rotatable bonds is 3. The normalized spacial score (nSPS) is 21.1. The Labute approximate surface area is 111 Å². The highest BCUT2D eigenvalue weighted by Crippen LogP contribution is 2.47. The highest BCUT2D eigenvalue weighted by Gasteiger charge is 2.44. The van der Waals surface area contributed by atoms with Crippen molar-refractivity contribution in [1.82, 2.24) is 0 Å². The topological polar surface area (TPSA) is 55.5 Å². The molecule has 1 fully saturated rings. The number of hydrogen-bond acceptors (Lipinski definition) is 3. The maximum atomic E-state index is 13.3. The molecule has 1 aromatic carbocycles. The summed E-state index contributed by atoms with van der Waals surface area (Å²) in [4.78, 5) is 0. The molecule has 0 aliphatic heterocycles. The first-order valence-corrected chi connectivity index (χ1v) is 6.38. The van der Waals surface area contributed by atoms with E-state index in [1.165, 1.54) is 13.2 Å². The lowest BCUT2D eigenvalue weighted by Crippen LogP contribution is -2.42. The number of nitrogens with two attached hydrogens (primary N) is 1. The van der Waals surface area contributed by atoms with Gasteiger partial charge >= 0.3 is 0 Å². The number of phenolic OH excluding ortho intramolecular Hbond substituents is 1. The molecule has 2 rings (SSSR count). The Balaban J connectivity index is 2.37. The molecule has 1 aliphatic rings. The zero-order chi connectivity index (χ0) is 14.1. The van der Waals surface area contributed by atoms with Crippen molar-refractivity contribution in [3.8, 4) is 11.5 Å². The van der Waals surface area contributed by atoms with Gasteiger partial charge in [0.1, 0.15) is 11.5 Å². The first-order valence-electron chi connectivity index (χ1n) is 6.38. The quantitative estimate of drug-likeness (QED) is 0.888. The molecular weight excluding hydrogens is 252 g/mol. The molecule has 0 heterocycles. The fourth-order valence-electron chi connectivity index (χ4n) is 2.80. The molecule has 1 saturated carbocycles. The van der Waals surface area contributed by atoms with Gasteiger partial charge in [0, 0.05) is 36.4 Å². The third-order valence-corrected chi connectivity index (χ3v) is 4.09. The van der Waals surface area contributed by atoms with Crippen LogP contribution in [0.5, 0.6) is 11.5 Å². The second-order valence-electron chi connectivity index (χ2n) is 5.22. The Morgan fingerprint density at radius 2 is 1.89 bits per heavy atom. The van der Waals surface area contributed by atoms with Gasteiger partial charge in [-0.2, -0.15) is 0 Å². The zero-order valence-electron chi connectivity index (χ0n) is 11.0. The fraction of sp³-hybridized carbons (Fsp3) is 0.571. The van der Waals surface area contributed by atoms with Crippen molar-refractivity contribution in [3.05, 3.63) is 23.8 Å². The molecule has 106 valence electrons. The van der Waals surface area contributed by atoms with Gasteiger partial charge < -0.3 is 15.6 Å². The van der Waals surface area contributed by atoms with E-state index in [4.69, 9.17) is 10.5 Å². The molecule has 5 heteroatoms. The summed E-state index contributed by atoms with van der Waals surface area (Å²) in [5.41, 5.74) is 6.18. The lowest BCUT2D eigenvalue weighted by molar-refractivity contribution is -0.0511. The summed E-state index contributed by atoms with van der Waals surface area (Å²) in [6.07, 6.45) is 0.345. The number of phenols is 1. The number of halogens is 2. The van der Waals surface area contributed by atoms with Crippen molar-refractivity contribution < 1.29 is 18.6 Å². The lowest BCUT2D eigenvalue weighted by atomic mass is 9.68. The van der Waals surface area contributed by atoms with Crippen molar-refractivity contribution in [1.29, 1.82) is 0 Å². The van der Waals surface area contributed by atoms with Crippen molar-refractivity contribution in [3.63, 3.8) is 0 Å². The third-order valence-electron chi connectivity index (χ3n) is 4.09. The van der Waals surface area contributed by atoms with Crippen LogP contribution in [0, 0.1) is 0 Å². The first-order chi connectivity index (χ1) is 8.92. The van der Waals surface area contributed by atoms with Crippen LogP contribution >= 0.6 is 0 Å². The summed E-state index contributed by atoms with van der Waals surface area (Å²) in [6.45, 7) is 0.296.